The van der Waals surface area contributed by atoms with Crippen LogP contribution in [0.15, 0.2) is 43.9 Å². The van der Waals surface area contributed by atoms with E-state index in [4.69, 9.17) is 28.4 Å². The second kappa shape index (κ2) is 14.0. The molecule has 0 aliphatic rings. The van der Waals surface area contributed by atoms with Crippen LogP contribution in [-0.4, -0.2) is 56.7 Å². The van der Waals surface area contributed by atoms with E-state index in [2.05, 4.69) is 18.5 Å². The number of carbonyl (C=O) groups is 2. The average molecular weight is 411 g/mol. The Labute approximate surface area is 168 Å². The van der Waals surface area contributed by atoms with Crippen molar-refractivity contribution in [3.8, 4) is 5.75 Å². The first-order valence-corrected chi connectivity index (χ1v) is 8.47. The lowest BCUT2D eigenvalue weighted by molar-refractivity contribution is -0.134. The molecule has 0 bridgehead atoms. The van der Waals surface area contributed by atoms with Crippen LogP contribution in [0.25, 0.3) is 0 Å². The van der Waals surface area contributed by atoms with Gasteiger partial charge < -0.3 is 38.8 Å². The predicted molar refractivity (Wildman–Crippen MR) is 102 cm³/mol. The number of amides is 1. The molecule has 0 aliphatic heterocycles. The molecule has 0 saturated carbocycles. The zero-order valence-electron chi connectivity index (χ0n) is 16.1. The number of nitrogens with one attached hydrogen (secondary N) is 1. The highest BCUT2D eigenvalue weighted by molar-refractivity contribution is 5.95. The largest absolute Gasteiger partial charge is 0.478 e. The highest BCUT2D eigenvalue weighted by Crippen LogP contribution is 2.23. The van der Waals surface area contributed by atoms with Gasteiger partial charge in [0.25, 0.3) is 0 Å². The van der Waals surface area contributed by atoms with E-state index in [9.17, 15) is 14.7 Å². The Morgan fingerprint density at radius 2 is 1.72 bits per heavy atom. The molecule has 0 atom stereocenters. The number of ether oxygens (including phenoxy) is 6. The van der Waals surface area contributed by atoms with Gasteiger partial charge in [0, 0.05) is 12.6 Å². The molecule has 2 N–H and O–H groups in total. The molecular weight excluding hydrogens is 386 g/mol. The van der Waals surface area contributed by atoms with Crippen LogP contribution in [0.5, 0.6) is 5.75 Å². The maximum absolute atomic E-state index is 11.4. The molecule has 0 fully saturated rings. The number of benzene rings is 1. The lowest BCUT2D eigenvalue weighted by atomic mass is 10.2. The Morgan fingerprint density at radius 1 is 1.10 bits per heavy atom. The summed E-state index contributed by atoms with van der Waals surface area (Å²) >= 11 is 0. The van der Waals surface area contributed by atoms with Crippen LogP contribution in [0, 0.1) is 0 Å². The van der Waals surface area contributed by atoms with Crippen molar-refractivity contribution in [2.75, 3.05) is 38.9 Å². The van der Waals surface area contributed by atoms with E-state index in [1.54, 1.807) is 0 Å². The van der Waals surface area contributed by atoms with E-state index in [1.165, 1.54) is 37.6 Å². The van der Waals surface area contributed by atoms with Gasteiger partial charge in [0.05, 0.1) is 25.7 Å². The molecule has 0 saturated heterocycles. The zero-order valence-corrected chi connectivity index (χ0v) is 16.1. The molecule has 1 rings (SSSR count). The second-order valence-electron chi connectivity index (χ2n) is 5.39. The molecule has 0 heterocycles. The van der Waals surface area contributed by atoms with Gasteiger partial charge in [0.2, 0.25) is 5.91 Å². The number of carboxylic acid groups (broad SMARTS) is 1. The Balaban J connectivity index is 2.63. The van der Waals surface area contributed by atoms with E-state index < -0.39 is 12.1 Å². The normalized spacial score (nSPS) is 10.3. The van der Waals surface area contributed by atoms with Crippen molar-refractivity contribution in [3.63, 3.8) is 0 Å². The Morgan fingerprint density at radius 3 is 2.24 bits per heavy atom. The Bertz CT molecular complexity index is 662. The number of carbonyl (C=O) groups excluding carboxylic acids is 1. The summed E-state index contributed by atoms with van der Waals surface area (Å²) in [6.45, 7) is 8.08. The van der Waals surface area contributed by atoms with Crippen LogP contribution < -0.4 is 10.1 Å². The number of hydrogen-bond acceptors (Lipinski definition) is 8. The molecule has 160 valence electrons. The minimum absolute atomic E-state index is 0.0127. The van der Waals surface area contributed by atoms with Crippen molar-refractivity contribution in [1.82, 2.24) is 0 Å². The van der Waals surface area contributed by atoms with Gasteiger partial charge >= 0.3 is 5.97 Å². The summed E-state index contributed by atoms with van der Waals surface area (Å²) in [5.41, 5.74) is 0.218. The molecular formula is C19H25NO9. The van der Waals surface area contributed by atoms with E-state index in [0.29, 0.717) is 5.69 Å². The van der Waals surface area contributed by atoms with Crippen LogP contribution in [0.1, 0.15) is 17.3 Å². The van der Waals surface area contributed by atoms with Crippen molar-refractivity contribution in [1.29, 1.82) is 0 Å². The molecule has 10 nitrogen and oxygen atoms in total. The van der Waals surface area contributed by atoms with Gasteiger partial charge in [-0.3, -0.25) is 4.79 Å². The van der Waals surface area contributed by atoms with Crippen LogP contribution >= 0.6 is 0 Å². The first kappa shape index (κ1) is 24.0. The van der Waals surface area contributed by atoms with Crippen molar-refractivity contribution < 1.29 is 43.1 Å². The molecule has 0 radical (unpaired) electrons. The SMILES string of the molecule is C=COCOCC(COCOC=C)OCOc1ccc(NC(C)=O)cc1C(=O)O. The monoisotopic (exact) mass is 411 g/mol. The lowest BCUT2D eigenvalue weighted by Gasteiger charge is -2.19. The van der Waals surface area contributed by atoms with Gasteiger partial charge in [-0.05, 0) is 18.2 Å². The summed E-state index contributed by atoms with van der Waals surface area (Å²) in [4.78, 5) is 22.6. The average Bonchev–Trinajstić information content (AvgIpc) is 2.68. The van der Waals surface area contributed by atoms with Gasteiger partial charge in [0.15, 0.2) is 20.4 Å². The minimum atomic E-state index is -1.21. The van der Waals surface area contributed by atoms with Crippen LogP contribution in [0.3, 0.4) is 0 Å². The third-order valence-corrected chi connectivity index (χ3v) is 3.19. The first-order chi connectivity index (χ1) is 14.0. The fourth-order valence-corrected chi connectivity index (χ4v) is 1.99. The van der Waals surface area contributed by atoms with E-state index in [1.807, 2.05) is 0 Å². The molecule has 1 amide bonds. The van der Waals surface area contributed by atoms with Gasteiger partial charge in [-0.25, -0.2) is 4.79 Å². The fraction of sp³-hybridized carbons (Fsp3) is 0.368. The maximum atomic E-state index is 11.4. The topological polar surface area (TPSA) is 122 Å². The summed E-state index contributed by atoms with van der Waals surface area (Å²) < 4.78 is 31.2. The van der Waals surface area contributed by atoms with Crippen LogP contribution in [-0.2, 0) is 28.5 Å². The smallest absolute Gasteiger partial charge is 0.339 e. The molecule has 0 spiro atoms. The number of rotatable bonds is 16. The molecule has 0 aromatic heterocycles. The predicted octanol–water partition coefficient (Wildman–Crippen LogP) is 2.33. The van der Waals surface area contributed by atoms with Crippen LogP contribution in [0.4, 0.5) is 5.69 Å². The van der Waals surface area contributed by atoms with Crippen LogP contribution in [0.2, 0.25) is 0 Å². The number of anilines is 1. The lowest BCUT2D eigenvalue weighted by Crippen LogP contribution is -2.28. The van der Waals surface area contributed by atoms with Gasteiger partial charge in [-0.2, -0.15) is 0 Å². The van der Waals surface area contributed by atoms with E-state index >= 15 is 0 Å². The summed E-state index contributed by atoms with van der Waals surface area (Å²) in [5, 5.41) is 11.9. The highest BCUT2D eigenvalue weighted by atomic mass is 16.7. The number of hydrogen-bond donors (Lipinski definition) is 2. The van der Waals surface area contributed by atoms with Crippen molar-refractivity contribution in [3.05, 3.63) is 49.4 Å². The fourth-order valence-electron chi connectivity index (χ4n) is 1.99. The second-order valence-corrected chi connectivity index (χ2v) is 5.39. The summed E-state index contributed by atoms with van der Waals surface area (Å²) in [6, 6.07) is 4.24. The maximum Gasteiger partial charge on any atom is 0.339 e. The molecule has 1 aromatic carbocycles. The molecule has 0 aliphatic carbocycles. The van der Waals surface area contributed by atoms with E-state index in [0.717, 1.165) is 0 Å². The Kier molecular flexibility index (Phi) is 11.6. The van der Waals surface area contributed by atoms with Crippen molar-refractivity contribution >= 4 is 17.6 Å². The van der Waals surface area contributed by atoms with Gasteiger partial charge in [0.1, 0.15) is 17.4 Å². The van der Waals surface area contributed by atoms with Gasteiger partial charge in [-0.15, -0.1) is 0 Å². The summed E-state index contributed by atoms with van der Waals surface area (Å²) in [5.74, 6) is -1.45. The first-order valence-electron chi connectivity index (χ1n) is 8.47. The third-order valence-electron chi connectivity index (χ3n) is 3.19. The third kappa shape index (κ3) is 10.1. The van der Waals surface area contributed by atoms with E-state index in [-0.39, 0.29) is 50.8 Å². The number of aromatic carboxylic acids is 1. The number of carboxylic acids is 1. The molecule has 0 unspecified atom stereocenters. The minimum Gasteiger partial charge on any atom is -0.478 e. The zero-order chi connectivity index (χ0) is 21.5. The summed E-state index contributed by atoms with van der Waals surface area (Å²) in [7, 11) is 0. The molecule has 10 heteroatoms. The standard InChI is InChI=1S/C19H25NO9/c1-4-24-11-26-9-16(10-27-12-25-5-2)28-13-29-18-7-6-15(20-14(3)21)8-17(18)19(22)23/h4-8,16H,1-2,9-13H2,3H3,(H,20,21)(H,22,23). The summed E-state index contributed by atoms with van der Waals surface area (Å²) in [6.07, 6.45) is 1.94. The Hall–Kier alpha value is -3.08. The van der Waals surface area contributed by atoms with Crippen molar-refractivity contribution in [2.24, 2.45) is 0 Å². The van der Waals surface area contributed by atoms with Crippen molar-refractivity contribution in [2.45, 2.75) is 13.0 Å². The quantitative estimate of drug-likeness (QED) is 0.240. The highest BCUT2D eigenvalue weighted by Gasteiger charge is 2.15. The molecule has 1 aromatic rings. The van der Waals surface area contributed by atoms with Gasteiger partial charge in [-0.1, -0.05) is 13.2 Å². The molecule has 29 heavy (non-hydrogen) atoms.